The average Bonchev–Trinajstić information content (AvgIpc) is 2.78. The summed E-state index contributed by atoms with van der Waals surface area (Å²) in [5.41, 5.74) is 1.20. The van der Waals surface area contributed by atoms with E-state index in [4.69, 9.17) is 14.5 Å². The van der Waals surface area contributed by atoms with Gasteiger partial charge in [0, 0.05) is 10.4 Å². The molecule has 1 heterocycles. The highest BCUT2D eigenvalue weighted by Crippen LogP contribution is 2.36. The summed E-state index contributed by atoms with van der Waals surface area (Å²) in [6.07, 6.45) is 4.13. The lowest BCUT2D eigenvalue weighted by Crippen LogP contribution is -2.23. The topological polar surface area (TPSA) is 65.7 Å². The average molecular weight is 563 g/mol. The molecule has 0 amide bonds. The van der Waals surface area contributed by atoms with Crippen LogP contribution in [0.3, 0.4) is 0 Å². The Balaban J connectivity index is 2.12. The van der Waals surface area contributed by atoms with Gasteiger partial charge >= 0.3 is 0 Å². The van der Waals surface area contributed by atoms with Gasteiger partial charge in [-0.3, -0.25) is 4.79 Å². The van der Waals surface area contributed by atoms with Crippen molar-refractivity contribution in [3.8, 4) is 11.5 Å². The van der Waals surface area contributed by atoms with Crippen LogP contribution in [0.4, 0.5) is 0 Å². The van der Waals surface area contributed by atoms with Gasteiger partial charge in [0.2, 0.25) is 0 Å². The van der Waals surface area contributed by atoms with Crippen molar-refractivity contribution in [3.05, 3.63) is 73.7 Å². The molecule has 0 fully saturated rings. The molecule has 0 bridgehead atoms. The molecule has 6 nitrogen and oxygen atoms in total. The van der Waals surface area contributed by atoms with Crippen LogP contribution >= 0.6 is 31.9 Å². The first kappa shape index (κ1) is 24.2. The second-order valence-corrected chi connectivity index (χ2v) is 8.93. The lowest BCUT2D eigenvalue weighted by molar-refractivity contribution is 0.295. The Hall–Kier alpha value is -2.45. The number of hydrogen-bond acceptors (Lipinski definition) is 5. The van der Waals surface area contributed by atoms with Gasteiger partial charge in [-0.05, 0) is 65.2 Å². The summed E-state index contributed by atoms with van der Waals surface area (Å²) in [5.74, 6) is 1.87. The number of hydrogen-bond donors (Lipinski definition) is 0. The fourth-order valence-corrected chi connectivity index (χ4v) is 4.05. The molecule has 1 atom stereocenters. The van der Waals surface area contributed by atoms with Crippen LogP contribution in [0.15, 0.2) is 61.8 Å². The number of benzene rings is 2. The van der Waals surface area contributed by atoms with Crippen molar-refractivity contribution in [1.82, 2.24) is 9.66 Å². The van der Waals surface area contributed by atoms with Crippen molar-refractivity contribution in [2.45, 2.75) is 33.1 Å². The van der Waals surface area contributed by atoms with Crippen LogP contribution in [-0.2, 0) is 0 Å². The summed E-state index contributed by atoms with van der Waals surface area (Å²) in [6.45, 7) is 10.5. The monoisotopic (exact) mass is 561 g/mol. The summed E-state index contributed by atoms with van der Waals surface area (Å²) in [6, 6.07) is 9.19. The van der Waals surface area contributed by atoms with E-state index in [0.717, 1.165) is 20.9 Å². The summed E-state index contributed by atoms with van der Waals surface area (Å²) in [7, 11) is 0. The Morgan fingerprint density at radius 1 is 1.22 bits per heavy atom. The van der Waals surface area contributed by atoms with Gasteiger partial charge in [-0.2, -0.15) is 9.78 Å². The van der Waals surface area contributed by atoms with Gasteiger partial charge in [0.25, 0.3) is 5.56 Å². The van der Waals surface area contributed by atoms with Gasteiger partial charge in [-0.1, -0.05) is 42.4 Å². The van der Waals surface area contributed by atoms with Gasteiger partial charge in [0.05, 0.1) is 28.2 Å². The standard InChI is InChI=1S/C24H25Br2N3O3/c1-5-10-32-22-19(26)11-16(12-21(22)31-7-3)14-27-29-23(15(4)6-2)28-20-9-8-17(25)13-18(20)24(29)30/h5,8-9,11-15H,1,6-7,10H2,2-4H3/t15-/m0/s1. The van der Waals surface area contributed by atoms with E-state index in [0.29, 0.717) is 41.4 Å². The van der Waals surface area contributed by atoms with Gasteiger partial charge in [0.1, 0.15) is 12.4 Å². The Kier molecular flexibility index (Phi) is 8.26. The molecule has 0 aliphatic rings. The molecular weight excluding hydrogens is 538 g/mol. The first-order valence-electron chi connectivity index (χ1n) is 10.4. The normalized spacial score (nSPS) is 12.3. The number of rotatable bonds is 9. The third-order valence-corrected chi connectivity index (χ3v) is 5.97. The summed E-state index contributed by atoms with van der Waals surface area (Å²) < 4.78 is 14.4. The molecule has 0 unspecified atom stereocenters. The van der Waals surface area contributed by atoms with Crippen LogP contribution in [-0.4, -0.2) is 29.1 Å². The van der Waals surface area contributed by atoms with E-state index in [9.17, 15) is 4.79 Å². The van der Waals surface area contributed by atoms with E-state index in [-0.39, 0.29) is 11.5 Å². The highest BCUT2D eigenvalue weighted by molar-refractivity contribution is 9.10. The molecule has 3 rings (SSSR count). The number of aromatic nitrogens is 2. The van der Waals surface area contributed by atoms with Crippen molar-refractivity contribution in [1.29, 1.82) is 0 Å². The summed E-state index contributed by atoms with van der Waals surface area (Å²) in [4.78, 5) is 18.0. The first-order chi connectivity index (χ1) is 15.4. The molecule has 3 aromatic rings. The predicted octanol–water partition coefficient (Wildman–Crippen LogP) is 6.28. The predicted molar refractivity (Wildman–Crippen MR) is 136 cm³/mol. The molecule has 0 spiro atoms. The fourth-order valence-electron chi connectivity index (χ4n) is 3.11. The van der Waals surface area contributed by atoms with E-state index in [1.807, 2.05) is 38.1 Å². The van der Waals surface area contributed by atoms with Gasteiger partial charge in [-0.25, -0.2) is 4.98 Å². The minimum atomic E-state index is -0.210. The lowest BCUT2D eigenvalue weighted by Gasteiger charge is -2.15. The van der Waals surface area contributed by atoms with Gasteiger partial charge in [0.15, 0.2) is 11.5 Å². The molecule has 2 aromatic carbocycles. The Bertz CT molecular complexity index is 1220. The second kappa shape index (κ2) is 10.9. The molecule has 0 radical (unpaired) electrons. The summed E-state index contributed by atoms with van der Waals surface area (Å²) >= 11 is 6.97. The maximum atomic E-state index is 13.3. The van der Waals surface area contributed by atoms with Crippen LogP contribution in [0.5, 0.6) is 11.5 Å². The number of nitrogens with zero attached hydrogens (tertiary/aromatic N) is 3. The molecule has 1 aromatic heterocycles. The maximum absolute atomic E-state index is 13.3. The molecule has 0 saturated heterocycles. The van der Waals surface area contributed by atoms with Crippen LogP contribution in [0.1, 0.15) is 44.5 Å². The van der Waals surface area contributed by atoms with Crippen LogP contribution in [0, 0.1) is 0 Å². The number of ether oxygens (including phenoxy) is 2. The smallest absolute Gasteiger partial charge is 0.282 e. The van der Waals surface area contributed by atoms with E-state index >= 15 is 0 Å². The molecular formula is C24H25Br2N3O3. The maximum Gasteiger partial charge on any atom is 0.282 e. The molecule has 0 saturated carbocycles. The third-order valence-electron chi connectivity index (χ3n) is 4.89. The van der Waals surface area contributed by atoms with Gasteiger partial charge < -0.3 is 9.47 Å². The molecule has 8 heteroatoms. The SMILES string of the molecule is C=CCOc1c(Br)cc(C=Nn2c([C@@H](C)CC)nc3ccc(Br)cc3c2=O)cc1OCC. The van der Waals surface area contributed by atoms with E-state index in [2.05, 4.69) is 50.5 Å². The Morgan fingerprint density at radius 3 is 2.69 bits per heavy atom. The van der Waals surface area contributed by atoms with Crippen molar-refractivity contribution >= 4 is 49.0 Å². The quantitative estimate of drug-likeness (QED) is 0.227. The van der Waals surface area contributed by atoms with Crippen molar-refractivity contribution in [3.63, 3.8) is 0 Å². The second-order valence-electron chi connectivity index (χ2n) is 7.16. The van der Waals surface area contributed by atoms with E-state index in [1.165, 1.54) is 4.68 Å². The molecule has 0 aliphatic heterocycles. The van der Waals surface area contributed by atoms with Crippen LogP contribution in [0.25, 0.3) is 10.9 Å². The molecule has 0 N–H and O–H groups in total. The van der Waals surface area contributed by atoms with E-state index < -0.39 is 0 Å². The van der Waals surface area contributed by atoms with Crippen molar-refractivity contribution in [2.24, 2.45) is 5.10 Å². The largest absolute Gasteiger partial charge is 0.490 e. The molecule has 168 valence electrons. The number of halogens is 2. The highest BCUT2D eigenvalue weighted by atomic mass is 79.9. The Morgan fingerprint density at radius 2 is 2.00 bits per heavy atom. The summed E-state index contributed by atoms with van der Waals surface area (Å²) in [5, 5.41) is 5.03. The minimum Gasteiger partial charge on any atom is -0.490 e. The van der Waals surface area contributed by atoms with Crippen LogP contribution in [0.2, 0.25) is 0 Å². The molecule has 32 heavy (non-hydrogen) atoms. The number of fused-ring (bicyclic) bond motifs is 1. The molecule has 0 aliphatic carbocycles. The van der Waals surface area contributed by atoms with E-state index in [1.54, 1.807) is 18.4 Å². The minimum absolute atomic E-state index is 0.0632. The van der Waals surface area contributed by atoms with Gasteiger partial charge in [-0.15, -0.1) is 0 Å². The van der Waals surface area contributed by atoms with Crippen molar-refractivity contribution in [2.75, 3.05) is 13.2 Å². The zero-order valence-corrected chi connectivity index (χ0v) is 21.4. The van der Waals surface area contributed by atoms with Crippen LogP contribution < -0.4 is 15.0 Å². The Labute approximate surface area is 204 Å². The third kappa shape index (κ3) is 5.30. The zero-order valence-electron chi connectivity index (χ0n) is 18.3. The highest BCUT2D eigenvalue weighted by Gasteiger charge is 2.16. The fraction of sp³-hybridized carbons (Fsp3) is 0.292. The van der Waals surface area contributed by atoms with Crippen molar-refractivity contribution < 1.29 is 9.47 Å². The lowest BCUT2D eigenvalue weighted by atomic mass is 10.1. The zero-order chi connectivity index (χ0) is 23.3. The first-order valence-corrected chi connectivity index (χ1v) is 11.9.